The van der Waals surface area contributed by atoms with E-state index in [9.17, 15) is 9.18 Å². The molecule has 0 spiro atoms. The van der Waals surface area contributed by atoms with Crippen LogP contribution in [-0.4, -0.2) is 15.5 Å². The summed E-state index contributed by atoms with van der Waals surface area (Å²) in [5.41, 5.74) is 2.79. The molecule has 124 valence electrons. The Hall–Kier alpha value is -2.69. The van der Waals surface area contributed by atoms with Crippen LogP contribution in [0, 0.1) is 5.82 Å². The van der Waals surface area contributed by atoms with Crippen LogP contribution < -0.4 is 5.32 Å². The molecule has 2 aromatic carbocycles. The largest absolute Gasteiger partial charge is 0.347 e. The van der Waals surface area contributed by atoms with Gasteiger partial charge in [0.15, 0.2) is 0 Å². The molecule has 0 aliphatic carbocycles. The molecule has 4 nitrogen and oxygen atoms in total. The Morgan fingerprint density at radius 2 is 1.96 bits per heavy atom. The molecule has 0 aliphatic heterocycles. The summed E-state index contributed by atoms with van der Waals surface area (Å²) in [6, 6.07) is 13.9. The molecule has 0 aliphatic rings. The predicted octanol–water partition coefficient (Wildman–Crippen LogP) is 3.83. The van der Waals surface area contributed by atoms with Gasteiger partial charge in [-0.05, 0) is 36.2 Å². The summed E-state index contributed by atoms with van der Waals surface area (Å²) in [6.07, 6.45) is 3.03. The van der Waals surface area contributed by atoms with Gasteiger partial charge in [-0.2, -0.15) is 0 Å². The van der Waals surface area contributed by atoms with E-state index in [4.69, 9.17) is 0 Å². The third-order valence-corrected chi connectivity index (χ3v) is 3.99. The van der Waals surface area contributed by atoms with Gasteiger partial charge in [-0.1, -0.05) is 31.2 Å². The quantitative estimate of drug-likeness (QED) is 0.748. The van der Waals surface area contributed by atoms with Crippen molar-refractivity contribution in [3.8, 4) is 0 Å². The van der Waals surface area contributed by atoms with E-state index in [0.29, 0.717) is 13.0 Å². The van der Waals surface area contributed by atoms with E-state index in [2.05, 4.69) is 10.3 Å². The summed E-state index contributed by atoms with van der Waals surface area (Å²) in [5, 5.41) is 3.05. The van der Waals surface area contributed by atoms with Crippen molar-refractivity contribution in [1.29, 1.82) is 0 Å². The standard InChI is InChI=1S/C19H20FN3O/c1-2-5-19(24)22-17(14-8-10-15(20)11-9-14)12-23-13-21-16-6-3-4-7-18(16)23/h3-4,6-11,13,17H,2,5,12H2,1H3,(H,22,24)/t17-/m1/s1. The Balaban J connectivity index is 1.89. The Morgan fingerprint density at radius 1 is 1.21 bits per heavy atom. The van der Waals surface area contributed by atoms with E-state index >= 15 is 0 Å². The first kappa shape index (κ1) is 16.2. The minimum atomic E-state index is -0.287. The first-order valence-electron chi connectivity index (χ1n) is 8.12. The third-order valence-electron chi connectivity index (χ3n) is 3.99. The number of amides is 1. The number of imidazole rings is 1. The number of halogens is 1. The molecule has 1 aromatic heterocycles. The van der Waals surface area contributed by atoms with Crippen molar-refractivity contribution in [3.63, 3.8) is 0 Å². The second-order valence-corrected chi connectivity index (χ2v) is 5.81. The van der Waals surface area contributed by atoms with E-state index in [1.807, 2.05) is 35.8 Å². The van der Waals surface area contributed by atoms with Gasteiger partial charge in [0.1, 0.15) is 5.82 Å². The lowest BCUT2D eigenvalue weighted by atomic mass is 10.1. The van der Waals surface area contributed by atoms with Gasteiger partial charge in [0.25, 0.3) is 0 Å². The highest BCUT2D eigenvalue weighted by atomic mass is 19.1. The molecule has 1 heterocycles. The highest BCUT2D eigenvalue weighted by Crippen LogP contribution is 2.20. The fourth-order valence-electron chi connectivity index (χ4n) is 2.78. The molecule has 24 heavy (non-hydrogen) atoms. The summed E-state index contributed by atoms with van der Waals surface area (Å²) in [7, 11) is 0. The van der Waals surface area contributed by atoms with Crippen molar-refractivity contribution in [2.75, 3.05) is 0 Å². The van der Waals surface area contributed by atoms with Gasteiger partial charge >= 0.3 is 0 Å². The lowest BCUT2D eigenvalue weighted by molar-refractivity contribution is -0.122. The molecular weight excluding hydrogens is 305 g/mol. The Labute approximate surface area is 140 Å². The van der Waals surface area contributed by atoms with Gasteiger partial charge in [-0.15, -0.1) is 0 Å². The van der Waals surface area contributed by atoms with E-state index in [0.717, 1.165) is 23.0 Å². The molecule has 0 saturated carbocycles. The number of carbonyl (C=O) groups is 1. The average Bonchev–Trinajstić information content (AvgIpc) is 2.98. The van der Waals surface area contributed by atoms with Crippen molar-refractivity contribution < 1.29 is 9.18 Å². The van der Waals surface area contributed by atoms with Crippen LogP contribution in [0.5, 0.6) is 0 Å². The Bertz CT molecular complexity index is 826. The number of fused-ring (bicyclic) bond motifs is 1. The van der Waals surface area contributed by atoms with Crippen LogP contribution in [-0.2, 0) is 11.3 Å². The third kappa shape index (κ3) is 3.62. The number of rotatable bonds is 6. The maximum atomic E-state index is 13.2. The van der Waals surface area contributed by atoms with Gasteiger partial charge in [-0.25, -0.2) is 9.37 Å². The number of benzene rings is 2. The topological polar surface area (TPSA) is 46.9 Å². The van der Waals surface area contributed by atoms with E-state index < -0.39 is 0 Å². The molecule has 0 radical (unpaired) electrons. The number of hydrogen-bond donors (Lipinski definition) is 1. The zero-order chi connectivity index (χ0) is 16.9. The molecule has 3 aromatic rings. The molecule has 3 rings (SSSR count). The highest BCUT2D eigenvalue weighted by Gasteiger charge is 2.16. The molecule has 0 fully saturated rings. The molecule has 1 N–H and O–H groups in total. The summed E-state index contributed by atoms with van der Waals surface area (Å²) in [6.45, 7) is 2.51. The summed E-state index contributed by atoms with van der Waals surface area (Å²) in [5.74, 6) is -0.290. The molecule has 1 atom stereocenters. The molecule has 0 unspecified atom stereocenters. The number of nitrogens with one attached hydrogen (secondary N) is 1. The van der Waals surface area contributed by atoms with Crippen molar-refractivity contribution in [2.45, 2.75) is 32.4 Å². The lowest BCUT2D eigenvalue weighted by Crippen LogP contribution is -2.31. The number of carbonyl (C=O) groups excluding carboxylic acids is 1. The lowest BCUT2D eigenvalue weighted by Gasteiger charge is -2.20. The fourth-order valence-corrected chi connectivity index (χ4v) is 2.78. The maximum Gasteiger partial charge on any atom is 0.220 e. The second-order valence-electron chi connectivity index (χ2n) is 5.81. The highest BCUT2D eigenvalue weighted by molar-refractivity contribution is 5.77. The second kappa shape index (κ2) is 7.25. The molecule has 1 amide bonds. The summed E-state index contributed by atoms with van der Waals surface area (Å²) < 4.78 is 15.2. The number of para-hydroxylation sites is 2. The first-order valence-corrected chi connectivity index (χ1v) is 8.12. The van der Waals surface area contributed by atoms with Crippen LogP contribution in [0.25, 0.3) is 11.0 Å². The molecular formula is C19H20FN3O. The van der Waals surface area contributed by atoms with Crippen molar-refractivity contribution in [3.05, 3.63) is 66.2 Å². The first-order chi connectivity index (χ1) is 11.7. The van der Waals surface area contributed by atoms with Crippen LogP contribution in [0.4, 0.5) is 4.39 Å². The molecule has 0 bridgehead atoms. The zero-order valence-electron chi connectivity index (χ0n) is 13.6. The number of nitrogens with zero attached hydrogens (tertiary/aromatic N) is 2. The SMILES string of the molecule is CCCC(=O)N[C@H](Cn1cnc2ccccc21)c1ccc(F)cc1. The van der Waals surface area contributed by atoms with Gasteiger partial charge in [0.05, 0.1) is 23.4 Å². The summed E-state index contributed by atoms with van der Waals surface area (Å²) >= 11 is 0. The van der Waals surface area contributed by atoms with Gasteiger partial charge in [0.2, 0.25) is 5.91 Å². The van der Waals surface area contributed by atoms with Crippen LogP contribution >= 0.6 is 0 Å². The minimum absolute atomic E-state index is 0.00348. The average molecular weight is 325 g/mol. The normalized spacial score (nSPS) is 12.2. The number of aromatic nitrogens is 2. The van der Waals surface area contributed by atoms with Crippen LogP contribution in [0.15, 0.2) is 54.9 Å². The van der Waals surface area contributed by atoms with Crippen LogP contribution in [0.1, 0.15) is 31.4 Å². The van der Waals surface area contributed by atoms with Crippen LogP contribution in [0.2, 0.25) is 0 Å². The van der Waals surface area contributed by atoms with Crippen molar-refractivity contribution >= 4 is 16.9 Å². The van der Waals surface area contributed by atoms with E-state index in [-0.39, 0.29) is 17.8 Å². The predicted molar refractivity (Wildman–Crippen MR) is 91.9 cm³/mol. The van der Waals surface area contributed by atoms with E-state index in [1.54, 1.807) is 18.5 Å². The monoisotopic (exact) mass is 325 g/mol. The Kier molecular flexibility index (Phi) is 4.89. The van der Waals surface area contributed by atoms with E-state index in [1.165, 1.54) is 12.1 Å². The maximum absolute atomic E-state index is 13.2. The van der Waals surface area contributed by atoms with Crippen molar-refractivity contribution in [2.24, 2.45) is 0 Å². The summed E-state index contributed by atoms with van der Waals surface area (Å²) in [4.78, 5) is 16.5. The van der Waals surface area contributed by atoms with Crippen LogP contribution in [0.3, 0.4) is 0 Å². The fraction of sp³-hybridized carbons (Fsp3) is 0.263. The van der Waals surface area contributed by atoms with Gasteiger partial charge in [-0.3, -0.25) is 4.79 Å². The zero-order valence-corrected chi connectivity index (χ0v) is 13.6. The van der Waals surface area contributed by atoms with Crippen molar-refractivity contribution in [1.82, 2.24) is 14.9 Å². The number of hydrogen-bond acceptors (Lipinski definition) is 2. The van der Waals surface area contributed by atoms with Gasteiger partial charge in [0, 0.05) is 13.0 Å². The Morgan fingerprint density at radius 3 is 2.71 bits per heavy atom. The molecule has 0 saturated heterocycles. The van der Waals surface area contributed by atoms with Gasteiger partial charge < -0.3 is 9.88 Å². The smallest absolute Gasteiger partial charge is 0.220 e. The minimum Gasteiger partial charge on any atom is -0.347 e. The molecule has 5 heteroatoms.